The third-order valence-corrected chi connectivity index (χ3v) is 3.59. The normalized spacial score (nSPS) is 17.8. The van der Waals surface area contributed by atoms with Crippen molar-refractivity contribution in [2.75, 3.05) is 13.1 Å². The lowest BCUT2D eigenvalue weighted by Crippen LogP contribution is -2.46. The molecule has 1 fully saturated rings. The Hall–Kier alpha value is -2.04. The fourth-order valence-corrected chi connectivity index (χ4v) is 2.05. The van der Waals surface area contributed by atoms with Gasteiger partial charge in [0.25, 0.3) is 0 Å². The van der Waals surface area contributed by atoms with E-state index in [2.05, 4.69) is 0 Å². The van der Waals surface area contributed by atoms with E-state index in [-0.39, 0.29) is 0 Å². The highest BCUT2D eigenvalue weighted by atomic mass is 16.6. The van der Waals surface area contributed by atoms with Crippen LogP contribution in [0, 0.1) is 5.41 Å². The molecule has 0 unspecified atom stereocenters. The molecule has 1 saturated heterocycles. The van der Waals surface area contributed by atoms with Gasteiger partial charge in [0.05, 0.1) is 5.41 Å². The van der Waals surface area contributed by atoms with Crippen molar-refractivity contribution in [1.82, 2.24) is 4.90 Å². The third kappa shape index (κ3) is 3.05. The van der Waals surface area contributed by atoms with E-state index in [0.29, 0.717) is 31.7 Å². The molecular formula is C14H17NO4. The highest BCUT2D eigenvalue weighted by Gasteiger charge is 2.38. The summed E-state index contributed by atoms with van der Waals surface area (Å²) in [4.78, 5) is 24.6. The summed E-state index contributed by atoms with van der Waals surface area (Å²) in [6.07, 6.45) is 0.483. The van der Waals surface area contributed by atoms with Crippen LogP contribution in [0.2, 0.25) is 0 Å². The molecule has 0 atom stereocenters. The Bertz CT molecular complexity index is 464. The molecule has 1 N–H and O–H groups in total. The van der Waals surface area contributed by atoms with E-state index in [1.54, 1.807) is 36.1 Å². The molecule has 0 spiro atoms. The van der Waals surface area contributed by atoms with Crippen LogP contribution in [0.5, 0.6) is 5.75 Å². The fourth-order valence-electron chi connectivity index (χ4n) is 2.05. The number of likely N-dealkylation sites (tertiary alicyclic amines) is 1. The number of hydrogen-bond acceptors (Lipinski definition) is 3. The number of piperidine rings is 1. The van der Waals surface area contributed by atoms with Gasteiger partial charge in [-0.2, -0.15) is 0 Å². The number of benzene rings is 1. The summed E-state index contributed by atoms with van der Waals surface area (Å²) in [6, 6.07) is 8.85. The van der Waals surface area contributed by atoms with Gasteiger partial charge in [-0.15, -0.1) is 0 Å². The first-order chi connectivity index (χ1) is 9.01. The van der Waals surface area contributed by atoms with Gasteiger partial charge in [-0.1, -0.05) is 18.2 Å². The second-order valence-corrected chi connectivity index (χ2v) is 5.03. The number of rotatable bonds is 2. The topological polar surface area (TPSA) is 66.8 Å². The molecule has 19 heavy (non-hydrogen) atoms. The molecule has 1 aliphatic heterocycles. The molecule has 1 heterocycles. The first kappa shape index (κ1) is 13.4. The van der Waals surface area contributed by atoms with Crippen LogP contribution in [0.3, 0.4) is 0 Å². The van der Waals surface area contributed by atoms with Crippen LogP contribution < -0.4 is 4.74 Å². The molecule has 1 aromatic rings. The molecule has 0 radical (unpaired) electrons. The predicted molar refractivity (Wildman–Crippen MR) is 69.0 cm³/mol. The van der Waals surface area contributed by atoms with E-state index in [1.165, 1.54) is 0 Å². The van der Waals surface area contributed by atoms with E-state index in [9.17, 15) is 9.59 Å². The molecule has 1 aliphatic rings. The maximum Gasteiger partial charge on any atom is 0.415 e. The van der Waals surface area contributed by atoms with E-state index in [0.717, 1.165) is 0 Å². The Labute approximate surface area is 111 Å². The Morgan fingerprint density at radius 1 is 1.21 bits per heavy atom. The maximum atomic E-state index is 11.9. The fraction of sp³-hybridized carbons (Fsp3) is 0.429. The van der Waals surface area contributed by atoms with Crippen LogP contribution in [0.15, 0.2) is 30.3 Å². The van der Waals surface area contributed by atoms with E-state index in [1.807, 2.05) is 6.07 Å². The quantitative estimate of drug-likeness (QED) is 0.889. The van der Waals surface area contributed by atoms with E-state index >= 15 is 0 Å². The van der Waals surface area contributed by atoms with E-state index < -0.39 is 17.5 Å². The van der Waals surface area contributed by atoms with Crippen LogP contribution in [-0.2, 0) is 4.79 Å². The van der Waals surface area contributed by atoms with E-state index in [4.69, 9.17) is 9.84 Å². The number of nitrogens with zero attached hydrogens (tertiary/aromatic N) is 1. The van der Waals surface area contributed by atoms with Crippen molar-refractivity contribution >= 4 is 12.1 Å². The van der Waals surface area contributed by atoms with Crippen molar-refractivity contribution in [3.63, 3.8) is 0 Å². The average Bonchev–Trinajstić information content (AvgIpc) is 2.40. The highest BCUT2D eigenvalue weighted by molar-refractivity contribution is 5.75. The Kier molecular flexibility index (Phi) is 3.74. The van der Waals surface area contributed by atoms with Crippen LogP contribution in [0.25, 0.3) is 0 Å². The van der Waals surface area contributed by atoms with Gasteiger partial charge >= 0.3 is 12.1 Å². The van der Waals surface area contributed by atoms with Gasteiger partial charge < -0.3 is 14.7 Å². The number of para-hydroxylation sites is 1. The van der Waals surface area contributed by atoms with Crippen molar-refractivity contribution in [3.05, 3.63) is 30.3 Å². The number of hydrogen-bond donors (Lipinski definition) is 1. The molecule has 102 valence electrons. The van der Waals surface area contributed by atoms with Gasteiger partial charge in [0, 0.05) is 13.1 Å². The molecule has 0 bridgehead atoms. The smallest absolute Gasteiger partial charge is 0.415 e. The van der Waals surface area contributed by atoms with Crippen molar-refractivity contribution in [1.29, 1.82) is 0 Å². The summed E-state index contributed by atoms with van der Waals surface area (Å²) in [7, 11) is 0. The number of ether oxygens (including phenoxy) is 1. The minimum Gasteiger partial charge on any atom is -0.481 e. The third-order valence-electron chi connectivity index (χ3n) is 3.59. The number of carboxylic acids is 1. The molecule has 1 amide bonds. The summed E-state index contributed by atoms with van der Waals surface area (Å²) in [5.41, 5.74) is -0.733. The van der Waals surface area contributed by atoms with Crippen LogP contribution in [-0.4, -0.2) is 35.2 Å². The molecule has 1 aromatic carbocycles. The lowest BCUT2D eigenvalue weighted by atomic mass is 9.81. The summed E-state index contributed by atoms with van der Waals surface area (Å²) in [6.45, 7) is 2.54. The summed E-state index contributed by atoms with van der Waals surface area (Å²) in [5.74, 6) is -0.303. The minimum absolute atomic E-state index is 0.411. The summed E-state index contributed by atoms with van der Waals surface area (Å²) < 4.78 is 5.22. The Morgan fingerprint density at radius 2 is 1.79 bits per heavy atom. The second-order valence-electron chi connectivity index (χ2n) is 5.03. The van der Waals surface area contributed by atoms with Gasteiger partial charge in [-0.25, -0.2) is 4.79 Å². The molecule has 0 saturated carbocycles. The largest absolute Gasteiger partial charge is 0.481 e. The second kappa shape index (κ2) is 5.30. The molecule has 5 heteroatoms. The molecular weight excluding hydrogens is 246 g/mol. The standard InChI is InChI=1S/C14H17NO4/c1-14(12(16)17)7-9-15(10-8-14)13(18)19-11-5-3-2-4-6-11/h2-6H,7-10H2,1H3,(H,16,17). The predicted octanol–water partition coefficient (Wildman–Crippen LogP) is 2.37. The summed E-state index contributed by atoms with van der Waals surface area (Å²) >= 11 is 0. The number of aliphatic carboxylic acids is 1. The lowest BCUT2D eigenvalue weighted by Gasteiger charge is -2.35. The van der Waals surface area contributed by atoms with Gasteiger partial charge in [0.1, 0.15) is 5.75 Å². The Balaban J connectivity index is 1.91. The molecule has 2 rings (SSSR count). The molecule has 0 aliphatic carbocycles. The lowest BCUT2D eigenvalue weighted by molar-refractivity contribution is -0.150. The van der Waals surface area contributed by atoms with Gasteiger partial charge in [0.15, 0.2) is 0 Å². The average molecular weight is 263 g/mol. The maximum absolute atomic E-state index is 11.9. The monoisotopic (exact) mass is 263 g/mol. The van der Waals surface area contributed by atoms with Gasteiger partial charge in [-0.3, -0.25) is 4.79 Å². The SMILES string of the molecule is CC1(C(=O)O)CCN(C(=O)Oc2ccccc2)CC1. The summed E-state index contributed by atoms with van der Waals surface area (Å²) in [5, 5.41) is 9.12. The zero-order chi connectivity index (χ0) is 13.9. The van der Waals surface area contributed by atoms with Crippen molar-refractivity contribution in [2.24, 2.45) is 5.41 Å². The molecule has 5 nitrogen and oxygen atoms in total. The number of carbonyl (C=O) groups is 2. The zero-order valence-corrected chi connectivity index (χ0v) is 10.8. The number of carboxylic acid groups (broad SMARTS) is 1. The van der Waals surface area contributed by atoms with Crippen LogP contribution in [0.1, 0.15) is 19.8 Å². The van der Waals surface area contributed by atoms with Gasteiger partial charge in [-0.05, 0) is 31.9 Å². The number of carbonyl (C=O) groups excluding carboxylic acids is 1. The van der Waals surface area contributed by atoms with Crippen molar-refractivity contribution in [3.8, 4) is 5.75 Å². The van der Waals surface area contributed by atoms with Crippen molar-refractivity contribution in [2.45, 2.75) is 19.8 Å². The van der Waals surface area contributed by atoms with Crippen LogP contribution >= 0.6 is 0 Å². The first-order valence-corrected chi connectivity index (χ1v) is 6.26. The van der Waals surface area contributed by atoms with Crippen molar-refractivity contribution < 1.29 is 19.4 Å². The zero-order valence-electron chi connectivity index (χ0n) is 10.8. The molecule has 0 aromatic heterocycles. The number of amides is 1. The highest BCUT2D eigenvalue weighted by Crippen LogP contribution is 2.31. The minimum atomic E-state index is -0.802. The Morgan fingerprint density at radius 3 is 2.32 bits per heavy atom. The van der Waals surface area contributed by atoms with Crippen LogP contribution in [0.4, 0.5) is 4.79 Å². The van der Waals surface area contributed by atoms with Gasteiger partial charge in [0.2, 0.25) is 0 Å². The first-order valence-electron chi connectivity index (χ1n) is 6.26.